The molecule has 0 aliphatic rings. The summed E-state index contributed by atoms with van der Waals surface area (Å²) in [5, 5.41) is 0. The number of rotatable bonds is 10. The van der Waals surface area contributed by atoms with E-state index in [2.05, 4.69) is 6.58 Å². The van der Waals surface area contributed by atoms with Gasteiger partial charge in [-0.25, -0.2) is 38.1 Å². The van der Waals surface area contributed by atoms with Gasteiger partial charge in [-0.15, -0.1) is 0 Å². The molecule has 0 fully saturated rings. The molecular weight excluding hydrogens is 914 g/mol. The Labute approximate surface area is 417 Å². The van der Waals surface area contributed by atoms with Gasteiger partial charge in [-0.1, -0.05) is 152 Å². The molecule has 0 radical (unpaired) electrons. The predicted octanol–water partition coefficient (Wildman–Crippen LogP) is 15.0. The van der Waals surface area contributed by atoms with Crippen molar-refractivity contribution in [2.75, 3.05) is 0 Å². The number of hydrogen-bond donors (Lipinski definition) is 0. The molecule has 350 valence electrons. The highest BCUT2D eigenvalue weighted by Gasteiger charge is 2.21. The van der Waals surface area contributed by atoms with Crippen molar-refractivity contribution in [1.29, 1.82) is 0 Å². The average Bonchev–Trinajstić information content (AvgIpc) is 4.14. The summed E-state index contributed by atoms with van der Waals surface area (Å²) in [5.41, 5.74) is 11.5. The zero-order valence-corrected chi connectivity index (χ0v) is 39.2. The van der Waals surface area contributed by atoms with E-state index in [1.165, 1.54) is 18.2 Å². The topological polar surface area (TPSA) is 78.2 Å². The van der Waals surface area contributed by atoms with Gasteiger partial charge in [0, 0.05) is 28.0 Å². The minimum atomic E-state index is -0.366. The molecular formula is C62H41F3N8. The first-order valence-electron chi connectivity index (χ1n) is 23.6. The van der Waals surface area contributed by atoms with E-state index in [0.29, 0.717) is 57.3 Å². The van der Waals surface area contributed by atoms with E-state index in [4.69, 9.17) is 24.9 Å². The fraction of sp³-hybridized carbons (Fsp3) is 0.0161. The van der Waals surface area contributed by atoms with E-state index in [1.54, 1.807) is 36.4 Å². The number of aromatic nitrogens is 6. The van der Waals surface area contributed by atoms with Gasteiger partial charge < -0.3 is 0 Å². The molecule has 0 atom stereocenters. The Balaban J connectivity index is 0.927. The second-order valence-electron chi connectivity index (χ2n) is 17.4. The highest BCUT2D eigenvalue weighted by molar-refractivity contribution is 6.13. The van der Waals surface area contributed by atoms with E-state index in [9.17, 15) is 0 Å². The van der Waals surface area contributed by atoms with Crippen LogP contribution in [0.2, 0.25) is 0 Å². The SMILES string of the molecule is C=C(/N=C(\N=C(/C)c1ccc(-c2nc3ccccc3n2-c2ccccc2F)cc1)c1ccc(-c2nc3ccccc3n2-c2ccccc2F)cc1)c1ccc(-c2nc3ccccc3n2-c2ccccc2F)cc1. The van der Waals surface area contributed by atoms with Crippen LogP contribution in [-0.2, 0) is 0 Å². The third-order valence-electron chi connectivity index (χ3n) is 12.9. The van der Waals surface area contributed by atoms with Gasteiger partial charge in [0.2, 0.25) is 0 Å². The van der Waals surface area contributed by atoms with Crippen LogP contribution < -0.4 is 0 Å². The maximum absolute atomic E-state index is 15.5. The first-order valence-corrected chi connectivity index (χ1v) is 23.6. The van der Waals surface area contributed by atoms with E-state index in [0.717, 1.165) is 60.9 Å². The zero-order valence-electron chi connectivity index (χ0n) is 39.2. The van der Waals surface area contributed by atoms with E-state index in [-0.39, 0.29) is 17.5 Å². The van der Waals surface area contributed by atoms with Crippen LogP contribution in [0.15, 0.2) is 235 Å². The summed E-state index contributed by atoms with van der Waals surface area (Å²) >= 11 is 0. The molecule has 9 aromatic carbocycles. The monoisotopic (exact) mass is 954 g/mol. The van der Waals surface area contributed by atoms with E-state index >= 15 is 13.2 Å². The van der Waals surface area contributed by atoms with Crippen LogP contribution in [0.25, 0.3) is 90.0 Å². The number of nitrogens with zero attached hydrogens (tertiary/aromatic N) is 8. The van der Waals surface area contributed by atoms with Crippen LogP contribution in [0.5, 0.6) is 0 Å². The van der Waals surface area contributed by atoms with Crippen molar-refractivity contribution in [1.82, 2.24) is 28.7 Å². The summed E-state index contributed by atoms with van der Waals surface area (Å²) in [6, 6.07) is 66.3. The fourth-order valence-electron chi connectivity index (χ4n) is 9.30. The lowest BCUT2D eigenvalue weighted by Gasteiger charge is -2.12. The molecule has 0 saturated heterocycles. The normalized spacial score (nSPS) is 12.1. The van der Waals surface area contributed by atoms with Crippen molar-refractivity contribution in [2.24, 2.45) is 9.98 Å². The smallest absolute Gasteiger partial charge is 0.160 e. The van der Waals surface area contributed by atoms with Gasteiger partial charge in [0.25, 0.3) is 0 Å². The van der Waals surface area contributed by atoms with Crippen LogP contribution in [0, 0.1) is 17.5 Å². The number of aliphatic imine (C=N–C) groups is 2. The third kappa shape index (κ3) is 8.18. The number of fused-ring (bicyclic) bond motifs is 3. The van der Waals surface area contributed by atoms with Gasteiger partial charge in [-0.3, -0.25) is 13.7 Å². The summed E-state index contributed by atoms with van der Waals surface area (Å²) in [6.07, 6.45) is 0. The first kappa shape index (κ1) is 44.5. The molecule has 8 nitrogen and oxygen atoms in total. The second-order valence-corrected chi connectivity index (χ2v) is 17.4. The standard InChI is InChI=1S/C62H41F3N8/c1-39(41-27-33-44(34-28-41)60-68-50-18-6-12-24-56(50)71(60)53-21-9-3-15-47(53)63)66-59(43-31-37-46(38-32-43)62-70-52-20-8-14-26-58(52)73(62)55-23-11-5-17-49(55)65)67-40(2)42-29-35-45(36-30-42)61-69-51-19-7-13-25-57(51)72(61)54-22-10-4-16-48(54)64/h3-38H,1H2,2H3/b66-59-,67-40+. The number of imidazole rings is 3. The highest BCUT2D eigenvalue weighted by atomic mass is 19.1. The Morgan fingerprint density at radius 3 is 1.05 bits per heavy atom. The zero-order chi connectivity index (χ0) is 49.6. The lowest BCUT2D eigenvalue weighted by molar-refractivity contribution is 0.619. The van der Waals surface area contributed by atoms with Crippen molar-refractivity contribution in [3.8, 4) is 51.2 Å². The molecule has 12 rings (SSSR count). The number of halogens is 3. The van der Waals surface area contributed by atoms with E-state index in [1.807, 2.05) is 184 Å². The fourth-order valence-corrected chi connectivity index (χ4v) is 9.30. The molecule has 12 aromatic rings. The summed E-state index contributed by atoms with van der Waals surface area (Å²) in [6.45, 7) is 6.34. The lowest BCUT2D eigenvalue weighted by Crippen LogP contribution is -2.05. The summed E-state index contributed by atoms with van der Waals surface area (Å²) in [4.78, 5) is 25.1. The van der Waals surface area contributed by atoms with Gasteiger partial charge in [-0.2, -0.15) is 0 Å². The first-order chi connectivity index (χ1) is 35.8. The van der Waals surface area contributed by atoms with Crippen molar-refractivity contribution >= 4 is 50.3 Å². The number of amidine groups is 1. The highest BCUT2D eigenvalue weighted by Crippen LogP contribution is 2.34. The largest absolute Gasteiger partial charge is 0.289 e. The molecule has 0 bridgehead atoms. The quantitative estimate of drug-likeness (QED) is 0.101. The summed E-state index contributed by atoms with van der Waals surface area (Å²) in [7, 11) is 0. The molecule has 0 unspecified atom stereocenters. The van der Waals surface area contributed by atoms with Crippen molar-refractivity contribution in [3.63, 3.8) is 0 Å². The number of hydrogen-bond acceptors (Lipinski definition) is 4. The summed E-state index contributed by atoms with van der Waals surface area (Å²) in [5.74, 6) is 1.09. The maximum Gasteiger partial charge on any atom is 0.160 e. The van der Waals surface area contributed by atoms with Crippen LogP contribution in [0.4, 0.5) is 13.2 Å². The molecule has 3 heterocycles. The van der Waals surface area contributed by atoms with Gasteiger partial charge in [0.05, 0.1) is 55.9 Å². The molecule has 3 aromatic heterocycles. The van der Waals surface area contributed by atoms with Gasteiger partial charge in [0.1, 0.15) is 34.9 Å². The molecule has 0 amide bonds. The van der Waals surface area contributed by atoms with Crippen molar-refractivity contribution in [2.45, 2.75) is 6.92 Å². The van der Waals surface area contributed by atoms with Gasteiger partial charge >= 0.3 is 0 Å². The molecule has 0 N–H and O–H groups in total. The Hall–Kier alpha value is -9.74. The molecule has 0 spiro atoms. The lowest BCUT2D eigenvalue weighted by atomic mass is 10.1. The Morgan fingerprint density at radius 2 is 0.685 bits per heavy atom. The maximum atomic E-state index is 15.5. The van der Waals surface area contributed by atoms with Crippen LogP contribution in [-0.4, -0.2) is 40.2 Å². The molecule has 0 aliphatic carbocycles. The number of benzene rings is 9. The molecule has 73 heavy (non-hydrogen) atoms. The van der Waals surface area contributed by atoms with Crippen molar-refractivity contribution in [3.05, 3.63) is 259 Å². The van der Waals surface area contributed by atoms with Crippen LogP contribution >= 0.6 is 0 Å². The Morgan fingerprint density at radius 1 is 0.370 bits per heavy atom. The van der Waals surface area contributed by atoms with Crippen molar-refractivity contribution < 1.29 is 13.2 Å². The number of para-hydroxylation sites is 9. The average molecular weight is 955 g/mol. The molecule has 0 saturated carbocycles. The third-order valence-corrected chi connectivity index (χ3v) is 12.9. The molecule has 0 aliphatic heterocycles. The Kier molecular flexibility index (Phi) is 11.3. The minimum absolute atomic E-state index is 0.354. The Bertz CT molecular complexity index is 4140. The van der Waals surface area contributed by atoms with Gasteiger partial charge in [-0.05, 0) is 90.8 Å². The van der Waals surface area contributed by atoms with Crippen LogP contribution in [0.1, 0.15) is 23.6 Å². The molecule has 11 heteroatoms. The van der Waals surface area contributed by atoms with Crippen LogP contribution in [0.3, 0.4) is 0 Å². The predicted molar refractivity (Wildman–Crippen MR) is 287 cm³/mol. The van der Waals surface area contributed by atoms with E-state index < -0.39 is 0 Å². The summed E-state index contributed by atoms with van der Waals surface area (Å²) < 4.78 is 51.7. The second kappa shape index (κ2) is 18.5. The van der Waals surface area contributed by atoms with Gasteiger partial charge in [0.15, 0.2) is 5.84 Å². The minimum Gasteiger partial charge on any atom is -0.289 e.